The summed E-state index contributed by atoms with van der Waals surface area (Å²) in [4.78, 5) is 15.7. The Morgan fingerprint density at radius 2 is 2.00 bits per heavy atom. The van der Waals surface area contributed by atoms with Crippen LogP contribution in [-0.4, -0.2) is 10.9 Å². The zero-order valence-electron chi connectivity index (χ0n) is 12.3. The molecule has 0 aliphatic carbocycles. The highest BCUT2D eigenvalue weighted by Gasteiger charge is 2.14. The molecule has 1 amide bonds. The average molecular weight is 299 g/mol. The van der Waals surface area contributed by atoms with Gasteiger partial charge in [0.25, 0.3) is 0 Å². The number of anilines is 1. The maximum absolute atomic E-state index is 11.3. The van der Waals surface area contributed by atoms with Crippen molar-refractivity contribution in [1.82, 2.24) is 4.98 Å². The summed E-state index contributed by atoms with van der Waals surface area (Å²) in [5.74, 6) is -0.332. The highest BCUT2D eigenvalue weighted by atomic mass is 32.1. The SMILES string of the molecule is CC(C)(C)c1ccc(-c2csc(NC(=O)CC#N)n2)cc1. The highest BCUT2D eigenvalue weighted by molar-refractivity contribution is 7.14. The van der Waals surface area contributed by atoms with E-state index in [1.165, 1.54) is 16.9 Å². The molecule has 0 saturated carbocycles. The van der Waals surface area contributed by atoms with Gasteiger partial charge in [0, 0.05) is 10.9 Å². The first kappa shape index (κ1) is 15.2. The average Bonchev–Trinajstić information content (AvgIpc) is 2.86. The number of amides is 1. The van der Waals surface area contributed by atoms with Gasteiger partial charge in [-0.15, -0.1) is 11.3 Å². The van der Waals surface area contributed by atoms with E-state index in [1.807, 2.05) is 23.6 Å². The van der Waals surface area contributed by atoms with E-state index in [0.717, 1.165) is 11.3 Å². The molecule has 5 heteroatoms. The molecule has 1 heterocycles. The molecule has 21 heavy (non-hydrogen) atoms. The summed E-state index contributed by atoms with van der Waals surface area (Å²) in [6, 6.07) is 10.1. The van der Waals surface area contributed by atoms with E-state index in [4.69, 9.17) is 5.26 Å². The van der Waals surface area contributed by atoms with E-state index in [-0.39, 0.29) is 17.7 Å². The second-order valence-electron chi connectivity index (χ2n) is 5.75. The number of carbonyl (C=O) groups excluding carboxylic acids is 1. The molecule has 2 rings (SSSR count). The first-order valence-electron chi connectivity index (χ1n) is 6.63. The molecular weight excluding hydrogens is 282 g/mol. The molecule has 4 nitrogen and oxygen atoms in total. The molecule has 1 aromatic carbocycles. The summed E-state index contributed by atoms with van der Waals surface area (Å²) >= 11 is 1.36. The molecule has 0 fully saturated rings. The van der Waals surface area contributed by atoms with Gasteiger partial charge in [0.2, 0.25) is 5.91 Å². The van der Waals surface area contributed by atoms with Crippen LogP contribution in [0, 0.1) is 11.3 Å². The lowest BCUT2D eigenvalue weighted by atomic mass is 9.86. The van der Waals surface area contributed by atoms with Crippen LogP contribution in [0.3, 0.4) is 0 Å². The molecule has 108 valence electrons. The molecule has 1 aromatic heterocycles. The number of thiazole rings is 1. The van der Waals surface area contributed by atoms with Crippen LogP contribution in [0.2, 0.25) is 0 Å². The molecule has 0 spiro atoms. The minimum absolute atomic E-state index is 0.122. The van der Waals surface area contributed by atoms with Crippen LogP contribution in [-0.2, 0) is 10.2 Å². The number of rotatable bonds is 3. The van der Waals surface area contributed by atoms with Crippen molar-refractivity contribution in [2.75, 3.05) is 5.32 Å². The summed E-state index contributed by atoms with van der Waals surface area (Å²) in [6.45, 7) is 6.52. The van der Waals surface area contributed by atoms with Crippen molar-refractivity contribution in [3.63, 3.8) is 0 Å². The molecule has 0 radical (unpaired) electrons. The zero-order valence-corrected chi connectivity index (χ0v) is 13.1. The smallest absolute Gasteiger partial charge is 0.240 e. The van der Waals surface area contributed by atoms with Crippen LogP contribution < -0.4 is 5.32 Å². The van der Waals surface area contributed by atoms with Gasteiger partial charge >= 0.3 is 0 Å². The van der Waals surface area contributed by atoms with Crippen molar-refractivity contribution >= 4 is 22.4 Å². The fourth-order valence-electron chi connectivity index (χ4n) is 1.84. The van der Waals surface area contributed by atoms with Crippen LogP contribution in [0.1, 0.15) is 32.8 Å². The van der Waals surface area contributed by atoms with Gasteiger partial charge < -0.3 is 5.32 Å². The second kappa shape index (κ2) is 6.06. The Kier molecular flexibility index (Phi) is 4.39. The lowest BCUT2D eigenvalue weighted by Gasteiger charge is -2.18. The van der Waals surface area contributed by atoms with Crippen molar-refractivity contribution in [1.29, 1.82) is 5.26 Å². The molecule has 0 aliphatic heterocycles. The standard InChI is InChI=1S/C16H17N3OS/c1-16(2,3)12-6-4-11(5-7-12)13-10-21-15(18-13)19-14(20)8-9-17/h4-7,10H,8H2,1-3H3,(H,18,19,20). The van der Waals surface area contributed by atoms with E-state index in [9.17, 15) is 4.79 Å². The Morgan fingerprint density at radius 3 is 2.57 bits per heavy atom. The lowest BCUT2D eigenvalue weighted by molar-refractivity contribution is -0.115. The number of nitrogens with zero attached hydrogens (tertiary/aromatic N) is 2. The number of nitrogens with one attached hydrogen (secondary N) is 1. The summed E-state index contributed by atoms with van der Waals surface area (Å²) in [5, 5.41) is 13.5. The third-order valence-corrected chi connectivity index (χ3v) is 3.79. The Hall–Kier alpha value is -2.19. The first-order chi connectivity index (χ1) is 9.90. The zero-order chi connectivity index (χ0) is 15.5. The topological polar surface area (TPSA) is 65.8 Å². The van der Waals surface area contributed by atoms with Gasteiger partial charge in [0.1, 0.15) is 6.42 Å². The second-order valence-corrected chi connectivity index (χ2v) is 6.61. The first-order valence-corrected chi connectivity index (χ1v) is 7.51. The van der Waals surface area contributed by atoms with Gasteiger partial charge in [-0.2, -0.15) is 5.26 Å². The van der Waals surface area contributed by atoms with E-state index >= 15 is 0 Å². The number of benzene rings is 1. The molecule has 0 saturated heterocycles. The summed E-state index contributed by atoms with van der Waals surface area (Å²) in [7, 11) is 0. The molecular formula is C16H17N3OS. The molecule has 0 aliphatic rings. The predicted octanol–water partition coefficient (Wildman–Crippen LogP) is 3.96. The van der Waals surface area contributed by atoms with Gasteiger partial charge in [-0.25, -0.2) is 4.98 Å². The van der Waals surface area contributed by atoms with Gasteiger partial charge in [-0.3, -0.25) is 4.79 Å². The fraction of sp³-hybridized carbons (Fsp3) is 0.312. The summed E-state index contributed by atoms with van der Waals surface area (Å²) < 4.78 is 0. The van der Waals surface area contributed by atoms with Gasteiger partial charge in [-0.1, -0.05) is 45.0 Å². The van der Waals surface area contributed by atoms with Crippen molar-refractivity contribution in [3.8, 4) is 17.3 Å². The molecule has 2 aromatic rings. The largest absolute Gasteiger partial charge is 0.301 e. The quantitative estimate of drug-likeness (QED) is 0.933. The van der Waals surface area contributed by atoms with Crippen molar-refractivity contribution in [2.24, 2.45) is 0 Å². The predicted molar refractivity (Wildman–Crippen MR) is 85.1 cm³/mol. The summed E-state index contributed by atoms with van der Waals surface area (Å²) in [5.41, 5.74) is 3.23. The number of hydrogen-bond donors (Lipinski definition) is 1. The van der Waals surface area contributed by atoms with Crippen molar-refractivity contribution < 1.29 is 4.79 Å². The maximum atomic E-state index is 11.3. The Balaban J connectivity index is 2.15. The number of carbonyl (C=O) groups is 1. The Morgan fingerprint density at radius 1 is 1.33 bits per heavy atom. The van der Waals surface area contributed by atoms with Crippen molar-refractivity contribution in [2.45, 2.75) is 32.6 Å². The number of nitriles is 1. The van der Waals surface area contributed by atoms with E-state index in [0.29, 0.717) is 5.13 Å². The molecule has 0 atom stereocenters. The lowest BCUT2D eigenvalue weighted by Crippen LogP contribution is -2.10. The van der Waals surface area contributed by atoms with Crippen LogP contribution in [0.5, 0.6) is 0 Å². The minimum atomic E-state index is -0.332. The van der Waals surface area contributed by atoms with E-state index in [1.54, 1.807) is 0 Å². The van der Waals surface area contributed by atoms with E-state index in [2.05, 4.69) is 43.2 Å². The van der Waals surface area contributed by atoms with Crippen LogP contribution in [0.15, 0.2) is 29.6 Å². The van der Waals surface area contributed by atoms with Crippen LogP contribution >= 0.6 is 11.3 Å². The molecule has 0 unspecified atom stereocenters. The number of hydrogen-bond acceptors (Lipinski definition) is 4. The monoisotopic (exact) mass is 299 g/mol. The fourth-order valence-corrected chi connectivity index (χ4v) is 2.58. The van der Waals surface area contributed by atoms with Crippen LogP contribution in [0.25, 0.3) is 11.3 Å². The minimum Gasteiger partial charge on any atom is -0.301 e. The summed E-state index contributed by atoms with van der Waals surface area (Å²) in [6.07, 6.45) is -0.158. The normalized spacial score (nSPS) is 11.0. The maximum Gasteiger partial charge on any atom is 0.240 e. The van der Waals surface area contributed by atoms with E-state index < -0.39 is 0 Å². The Labute approximate surface area is 128 Å². The number of aromatic nitrogens is 1. The van der Waals surface area contributed by atoms with Gasteiger partial charge in [-0.05, 0) is 11.0 Å². The molecule has 0 bridgehead atoms. The van der Waals surface area contributed by atoms with Crippen LogP contribution in [0.4, 0.5) is 5.13 Å². The molecule has 1 N–H and O–H groups in total. The third kappa shape index (κ3) is 3.89. The van der Waals surface area contributed by atoms with Gasteiger partial charge in [0.15, 0.2) is 5.13 Å². The highest BCUT2D eigenvalue weighted by Crippen LogP contribution is 2.28. The van der Waals surface area contributed by atoms with Gasteiger partial charge in [0.05, 0.1) is 11.8 Å². The van der Waals surface area contributed by atoms with Crippen molar-refractivity contribution in [3.05, 3.63) is 35.2 Å². The third-order valence-electron chi connectivity index (χ3n) is 3.04. The Bertz CT molecular complexity index is 675.